The van der Waals surface area contributed by atoms with Crippen LogP contribution in [0, 0.1) is 0 Å². The van der Waals surface area contributed by atoms with Gasteiger partial charge >= 0.3 is 5.97 Å². The van der Waals surface area contributed by atoms with E-state index in [1.165, 1.54) is 0 Å². The summed E-state index contributed by atoms with van der Waals surface area (Å²) in [5.41, 5.74) is 0.353. The van der Waals surface area contributed by atoms with E-state index in [0.717, 1.165) is 12.8 Å². The van der Waals surface area contributed by atoms with Gasteiger partial charge in [-0.1, -0.05) is 25.5 Å². The van der Waals surface area contributed by atoms with Crippen LogP contribution in [0.3, 0.4) is 0 Å². The van der Waals surface area contributed by atoms with Gasteiger partial charge in [-0.2, -0.15) is 0 Å². The van der Waals surface area contributed by atoms with E-state index in [9.17, 15) is 9.59 Å². The molecule has 2 aromatic rings. The summed E-state index contributed by atoms with van der Waals surface area (Å²) in [7, 11) is 0. The molecule has 0 unspecified atom stereocenters. The Morgan fingerprint density at radius 1 is 1.33 bits per heavy atom. The maximum atomic E-state index is 12.2. The first-order valence-electron chi connectivity index (χ1n) is 5.93. The zero-order valence-corrected chi connectivity index (χ0v) is 10.1. The third kappa shape index (κ3) is 2.14. The quantitative estimate of drug-likeness (QED) is 0.900. The molecule has 0 aliphatic heterocycles. The van der Waals surface area contributed by atoms with Crippen LogP contribution in [0.15, 0.2) is 33.5 Å². The second-order valence-corrected chi connectivity index (χ2v) is 4.14. The van der Waals surface area contributed by atoms with Gasteiger partial charge in [-0.05, 0) is 25.0 Å². The lowest BCUT2D eigenvalue weighted by molar-refractivity contribution is 0.0661. The molecule has 0 saturated carbocycles. The van der Waals surface area contributed by atoms with Crippen molar-refractivity contribution in [2.75, 3.05) is 0 Å². The van der Waals surface area contributed by atoms with Crippen molar-refractivity contribution in [1.29, 1.82) is 0 Å². The first kappa shape index (κ1) is 12.4. The van der Waals surface area contributed by atoms with Gasteiger partial charge in [-0.15, -0.1) is 0 Å². The SMILES string of the molecule is CCCCc1c(C(=O)O)oc2ccccc2c1=O. The van der Waals surface area contributed by atoms with E-state index in [-0.39, 0.29) is 16.8 Å². The molecule has 94 valence electrons. The lowest BCUT2D eigenvalue weighted by Crippen LogP contribution is -2.16. The highest BCUT2D eigenvalue weighted by Crippen LogP contribution is 2.17. The van der Waals surface area contributed by atoms with E-state index >= 15 is 0 Å². The second kappa shape index (κ2) is 5.04. The molecule has 0 aliphatic carbocycles. The number of carbonyl (C=O) groups is 1. The lowest BCUT2D eigenvalue weighted by Gasteiger charge is -2.06. The van der Waals surface area contributed by atoms with Crippen molar-refractivity contribution in [3.63, 3.8) is 0 Å². The summed E-state index contributed by atoms with van der Waals surface area (Å²) in [6.45, 7) is 1.99. The van der Waals surface area contributed by atoms with Crippen LogP contribution < -0.4 is 5.43 Å². The molecule has 2 rings (SSSR count). The third-order valence-electron chi connectivity index (χ3n) is 2.87. The molecule has 1 N–H and O–H groups in total. The molecule has 4 heteroatoms. The number of aromatic carboxylic acids is 1. The Morgan fingerprint density at radius 3 is 2.72 bits per heavy atom. The predicted molar refractivity (Wildman–Crippen MR) is 68.1 cm³/mol. The summed E-state index contributed by atoms with van der Waals surface area (Å²) >= 11 is 0. The third-order valence-corrected chi connectivity index (χ3v) is 2.87. The zero-order valence-electron chi connectivity index (χ0n) is 10.1. The van der Waals surface area contributed by atoms with Crippen molar-refractivity contribution in [3.05, 3.63) is 45.8 Å². The molecule has 1 heterocycles. The Bertz CT molecular complexity index is 640. The van der Waals surface area contributed by atoms with Gasteiger partial charge in [-0.3, -0.25) is 4.79 Å². The van der Waals surface area contributed by atoms with Gasteiger partial charge in [0.05, 0.1) is 10.9 Å². The fourth-order valence-corrected chi connectivity index (χ4v) is 1.93. The average molecular weight is 246 g/mol. The van der Waals surface area contributed by atoms with Crippen LogP contribution in [0.1, 0.15) is 35.9 Å². The summed E-state index contributed by atoms with van der Waals surface area (Å²) in [5.74, 6) is -1.42. The van der Waals surface area contributed by atoms with Crippen molar-refractivity contribution in [2.45, 2.75) is 26.2 Å². The molecular weight excluding hydrogens is 232 g/mol. The van der Waals surface area contributed by atoms with Crippen LogP contribution in [0.2, 0.25) is 0 Å². The van der Waals surface area contributed by atoms with Crippen molar-refractivity contribution in [2.24, 2.45) is 0 Å². The van der Waals surface area contributed by atoms with E-state index in [1.807, 2.05) is 6.92 Å². The van der Waals surface area contributed by atoms with Gasteiger partial charge in [0.1, 0.15) is 5.58 Å². The van der Waals surface area contributed by atoms with Crippen LogP contribution in [-0.2, 0) is 6.42 Å². The first-order valence-corrected chi connectivity index (χ1v) is 5.93. The summed E-state index contributed by atoms with van der Waals surface area (Å²) in [6, 6.07) is 6.71. The molecule has 0 saturated heterocycles. The highest BCUT2D eigenvalue weighted by atomic mass is 16.4. The number of hydrogen-bond acceptors (Lipinski definition) is 3. The maximum absolute atomic E-state index is 12.2. The molecule has 1 aromatic heterocycles. The summed E-state index contributed by atoms with van der Waals surface area (Å²) < 4.78 is 5.33. The largest absolute Gasteiger partial charge is 0.475 e. The van der Waals surface area contributed by atoms with Crippen molar-refractivity contribution < 1.29 is 14.3 Å². The van der Waals surface area contributed by atoms with Gasteiger partial charge < -0.3 is 9.52 Å². The Kier molecular flexibility index (Phi) is 3.46. The van der Waals surface area contributed by atoms with Gasteiger partial charge in [0.25, 0.3) is 0 Å². The van der Waals surface area contributed by atoms with E-state index < -0.39 is 5.97 Å². The summed E-state index contributed by atoms with van der Waals surface area (Å²) in [5, 5.41) is 9.55. The van der Waals surface area contributed by atoms with E-state index in [2.05, 4.69) is 0 Å². The van der Waals surface area contributed by atoms with Crippen LogP contribution in [0.25, 0.3) is 11.0 Å². The Morgan fingerprint density at radius 2 is 2.06 bits per heavy atom. The predicted octanol–water partition coefficient (Wildman–Crippen LogP) is 2.83. The number of hydrogen-bond donors (Lipinski definition) is 1. The first-order chi connectivity index (χ1) is 8.65. The van der Waals surface area contributed by atoms with E-state index in [1.54, 1.807) is 24.3 Å². The standard InChI is InChI=1S/C14H14O4/c1-2-3-6-10-12(15)9-7-4-5-8-11(9)18-13(10)14(16)17/h4-5,7-8H,2-3,6H2,1H3,(H,16,17). The Balaban J connectivity index is 2.71. The molecule has 0 bridgehead atoms. The number of carboxylic acids is 1. The minimum atomic E-state index is -1.19. The fourth-order valence-electron chi connectivity index (χ4n) is 1.93. The molecule has 4 nitrogen and oxygen atoms in total. The minimum Gasteiger partial charge on any atom is -0.475 e. The number of fused-ring (bicyclic) bond motifs is 1. The highest BCUT2D eigenvalue weighted by Gasteiger charge is 2.18. The molecule has 0 amide bonds. The summed E-state index contributed by atoms with van der Waals surface area (Å²) in [4.78, 5) is 23.4. The molecule has 0 spiro atoms. The summed E-state index contributed by atoms with van der Waals surface area (Å²) in [6.07, 6.45) is 2.10. The maximum Gasteiger partial charge on any atom is 0.372 e. The Hall–Kier alpha value is -2.10. The van der Waals surface area contributed by atoms with Crippen molar-refractivity contribution in [3.8, 4) is 0 Å². The van der Waals surface area contributed by atoms with E-state index in [4.69, 9.17) is 9.52 Å². The second-order valence-electron chi connectivity index (χ2n) is 4.14. The molecular formula is C14H14O4. The van der Waals surface area contributed by atoms with Gasteiger partial charge in [0.15, 0.2) is 5.43 Å². The van der Waals surface area contributed by atoms with Crippen LogP contribution in [0.4, 0.5) is 0 Å². The highest BCUT2D eigenvalue weighted by molar-refractivity contribution is 5.89. The van der Waals surface area contributed by atoms with Gasteiger partial charge in [0.2, 0.25) is 5.76 Å². The van der Waals surface area contributed by atoms with Gasteiger partial charge in [0, 0.05) is 0 Å². The number of benzene rings is 1. The number of unbranched alkanes of at least 4 members (excludes halogenated alkanes) is 1. The van der Waals surface area contributed by atoms with Gasteiger partial charge in [-0.25, -0.2) is 4.79 Å². The normalized spacial score (nSPS) is 10.7. The fraction of sp³-hybridized carbons (Fsp3) is 0.286. The molecule has 18 heavy (non-hydrogen) atoms. The number of para-hydroxylation sites is 1. The van der Waals surface area contributed by atoms with Crippen molar-refractivity contribution in [1.82, 2.24) is 0 Å². The molecule has 0 aliphatic rings. The van der Waals surface area contributed by atoms with Crippen LogP contribution in [-0.4, -0.2) is 11.1 Å². The Labute approximate surface area is 104 Å². The minimum absolute atomic E-state index is 0.229. The number of rotatable bonds is 4. The molecule has 0 fully saturated rings. The monoisotopic (exact) mass is 246 g/mol. The zero-order chi connectivity index (χ0) is 13.1. The molecule has 1 aromatic carbocycles. The van der Waals surface area contributed by atoms with Crippen molar-refractivity contribution >= 4 is 16.9 Å². The average Bonchev–Trinajstić information content (AvgIpc) is 2.37. The van der Waals surface area contributed by atoms with E-state index in [0.29, 0.717) is 17.4 Å². The lowest BCUT2D eigenvalue weighted by atomic mass is 10.0. The smallest absolute Gasteiger partial charge is 0.372 e. The topological polar surface area (TPSA) is 67.5 Å². The number of carboxylic acid groups (broad SMARTS) is 1. The van der Waals surface area contributed by atoms with Crippen LogP contribution in [0.5, 0.6) is 0 Å². The van der Waals surface area contributed by atoms with Crippen LogP contribution >= 0.6 is 0 Å². The molecule has 0 radical (unpaired) electrons. The molecule has 0 atom stereocenters.